The molecule has 0 fully saturated rings. The number of amides is 1. The molecule has 3 rings (SSSR count). The molecule has 1 aromatic heterocycles. The number of benzene rings is 2. The highest BCUT2D eigenvalue weighted by Gasteiger charge is 2.07. The minimum absolute atomic E-state index is 0.00367. The van der Waals surface area contributed by atoms with E-state index in [4.69, 9.17) is 5.73 Å². The van der Waals surface area contributed by atoms with Crippen LogP contribution >= 0.6 is 11.8 Å². The van der Waals surface area contributed by atoms with E-state index < -0.39 is 0 Å². The van der Waals surface area contributed by atoms with Gasteiger partial charge >= 0.3 is 0 Å². The van der Waals surface area contributed by atoms with Gasteiger partial charge in [-0.15, -0.1) is 0 Å². The van der Waals surface area contributed by atoms with Crippen LogP contribution in [0.2, 0.25) is 0 Å². The van der Waals surface area contributed by atoms with Crippen LogP contribution in [-0.2, 0) is 4.79 Å². The molecule has 1 amide bonds. The van der Waals surface area contributed by atoms with Crippen LogP contribution in [0.5, 0.6) is 0 Å². The summed E-state index contributed by atoms with van der Waals surface area (Å²) in [5, 5.41) is 4.28. The van der Waals surface area contributed by atoms with Crippen LogP contribution in [0.4, 0.5) is 11.5 Å². The van der Waals surface area contributed by atoms with Crippen molar-refractivity contribution in [2.24, 2.45) is 0 Å². The predicted octanol–water partition coefficient (Wildman–Crippen LogP) is 3.71. The number of nitrogens with one attached hydrogen (secondary N) is 1. The Morgan fingerprint density at radius 3 is 2.61 bits per heavy atom. The van der Waals surface area contributed by atoms with Gasteiger partial charge < -0.3 is 11.1 Å². The second kappa shape index (κ2) is 6.66. The Morgan fingerprint density at radius 1 is 1.13 bits per heavy atom. The summed E-state index contributed by atoms with van der Waals surface area (Å²) >= 11 is 1.44. The molecule has 0 atom stereocenters. The number of carbonyl (C=O) groups is 1. The highest BCUT2D eigenvalue weighted by molar-refractivity contribution is 7.99. The quantitative estimate of drug-likeness (QED) is 0.715. The van der Waals surface area contributed by atoms with E-state index in [-0.39, 0.29) is 5.91 Å². The van der Waals surface area contributed by atoms with E-state index >= 15 is 0 Å². The third-order valence-electron chi connectivity index (χ3n) is 3.28. The smallest absolute Gasteiger partial charge is 0.224 e. The zero-order chi connectivity index (χ0) is 16.2. The summed E-state index contributed by atoms with van der Waals surface area (Å²) in [4.78, 5) is 21.2. The lowest BCUT2D eigenvalue weighted by molar-refractivity contribution is -0.115. The second-order valence-corrected chi connectivity index (χ2v) is 5.98. The van der Waals surface area contributed by atoms with Crippen molar-refractivity contribution in [2.75, 3.05) is 11.1 Å². The number of hydrogen-bond donors (Lipinski definition) is 2. The largest absolute Gasteiger partial charge is 0.383 e. The van der Waals surface area contributed by atoms with Gasteiger partial charge in [0.1, 0.15) is 5.82 Å². The maximum atomic E-state index is 11.4. The van der Waals surface area contributed by atoms with E-state index in [1.165, 1.54) is 11.8 Å². The van der Waals surface area contributed by atoms with Gasteiger partial charge in [0.2, 0.25) is 5.91 Å². The molecule has 0 aliphatic carbocycles. The van der Waals surface area contributed by atoms with Crippen LogP contribution < -0.4 is 11.1 Å². The molecule has 0 unspecified atom stereocenters. The number of para-hydroxylation sites is 1. The fraction of sp³-hybridized carbons (Fsp3) is 0.118. The van der Waals surface area contributed by atoms with Gasteiger partial charge in [0.25, 0.3) is 0 Å². The van der Waals surface area contributed by atoms with Crippen molar-refractivity contribution in [3.63, 3.8) is 0 Å². The first kappa shape index (κ1) is 15.3. The third-order valence-corrected chi connectivity index (χ3v) is 4.15. The Bertz CT molecular complexity index is 849. The number of aromatic nitrogens is 2. The Kier molecular flexibility index (Phi) is 4.43. The number of fused-ring (bicyclic) bond motifs is 1. The summed E-state index contributed by atoms with van der Waals surface area (Å²) < 4.78 is 0. The molecule has 3 N–H and O–H groups in total. The van der Waals surface area contributed by atoms with Gasteiger partial charge in [0.15, 0.2) is 5.16 Å². The molecule has 0 saturated carbocycles. The summed E-state index contributed by atoms with van der Waals surface area (Å²) in [6.07, 6.45) is 0.459. The molecule has 3 aromatic rings. The van der Waals surface area contributed by atoms with Crippen LogP contribution in [0.3, 0.4) is 0 Å². The first-order chi connectivity index (χ1) is 11.2. The van der Waals surface area contributed by atoms with E-state index in [0.29, 0.717) is 17.4 Å². The molecule has 1 heterocycles. The highest BCUT2D eigenvalue weighted by atomic mass is 32.2. The number of nitrogens with zero attached hydrogens (tertiary/aromatic N) is 2. The molecule has 0 saturated heterocycles. The summed E-state index contributed by atoms with van der Waals surface area (Å²) in [6.45, 7) is 1.82. The van der Waals surface area contributed by atoms with Crippen molar-refractivity contribution < 1.29 is 4.79 Å². The average molecular weight is 324 g/mol. The predicted molar refractivity (Wildman–Crippen MR) is 93.4 cm³/mol. The summed E-state index contributed by atoms with van der Waals surface area (Å²) in [5.74, 6) is 0.473. The second-order valence-electron chi connectivity index (χ2n) is 4.94. The van der Waals surface area contributed by atoms with Crippen molar-refractivity contribution in [2.45, 2.75) is 23.4 Å². The van der Waals surface area contributed by atoms with Gasteiger partial charge in [-0.1, -0.05) is 19.1 Å². The fourth-order valence-corrected chi connectivity index (χ4v) is 2.86. The van der Waals surface area contributed by atoms with E-state index in [0.717, 1.165) is 21.5 Å². The average Bonchev–Trinajstić information content (AvgIpc) is 2.56. The molecule has 0 aliphatic heterocycles. The lowest BCUT2D eigenvalue weighted by atomic mass is 10.2. The molecular formula is C17H16N4OS. The van der Waals surface area contributed by atoms with E-state index in [9.17, 15) is 4.79 Å². The topological polar surface area (TPSA) is 80.9 Å². The van der Waals surface area contributed by atoms with Crippen LogP contribution in [-0.4, -0.2) is 15.9 Å². The lowest BCUT2D eigenvalue weighted by Gasteiger charge is -2.06. The van der Waals surface area contributed by atoms with Gasteiger partial charge in [-0.3, -0.25) is 4.79 Å². The number of anilines is 2. The van der Waals surface area contributed by atoms with Gasteiger partial charge in [-0.25, -0.2) is 9.97 Å². The van der Waals surface area contributed by atoms with Gasteiger partial charge in [-0.2, -0.15) is 0 Å². The number of rotatable bonds is 4. The molecule has 2 aromatic carbocycles. The molecule has 0 bridgehead atoms. The Hall–Kier alpha value is -2.60. The first-order valence-corrected chi connectivity index (χ1v) is 8.07. The normalized spacial score (nSPS) is 10.7. The molecule has 0 radical (unpaired) electrons. The Labute approximate surface area is 138 Å². The monoisotopic (exact) mass is 324 g/mol. The van der Waals surface area contributed by atoms with Gasteiger partial charge in [0, 0.05) is 22.4 Å². The zero-order valence-electron chi connectivity index (χ0n) is 12.6. The first-order valence-electron chi connectivity index (χ1n) is 7.25. The van der Waals surface area contributed by atoms with Crippen molar-refractivity contribution in [3.05, 3.63) is 48.5 Å². The molecule has 0 aliphatic rings. The molecule has 6 heteroatoms. The van der Waals surface area contributed by atoms with Crippen molar-refractivity contribution in [3.8, 4) is 0 Å². The fourth-order valence-electron chi connectivity index (χ4n) is 2.09. The minimum Gasteiger partial charge on any atom is -0.383 e. The maximum Gasteiger partial charge on any atom is 0.224 e. The van der Waals surface area contributed by atoms with E-state index in [1.54, 1.807) is 0 Å². The standard InChI is InChI=1S/C17H16N4OS/c1-2-15(22)19-11-7-9-12(10-8-11)23-17-20-14-6-4-3-5-13(14)16(18)21-17/h3-10H,2H2,1H3,(H,19,22)(H2,18,20,21). The SMILES string of the molecule is CCC(=O)Nc1ccc(Sc2nc(N)c3ccccc3n2)cc1. The Morgan fingerprint density at radius 2 is 1.87 bits per heavy atom. The highest BCUT2D eigenvalue weighted by Crippen LogP contribution is 2.28. The number of nitrogens with two attached hydrogens (primary N) is 1. The third kappa shape index (κ3) is 3.60. The summed E-state index contributed by atoms with van der Waals surface area (Å²) in [5.41, 5.74) is 7.60. The minimum atomic E-state index is -0.00367. The number of hydrogen-bond acceptors (Lipinski definition) is 5. The van der Waals surface area contributed by atoms with Crippen LogP contribution in [0.25, 0.3) is 10.9 Å². The van der Waals surface area contributed by atoms with Crippen LogP contribution in [0.1, 0.15) is 13.3 Å². The summed E-state index contributed by atoms with van der Waals surface area (Å²) in [6, 6.07) is 15.2. The number of nitrogen functional groups attached to an aromatic ring is 1. The maximum absolute atomic E-state index is 11.4. The van der Waals surface area contributed by atoms with E-state index in [1.807, 2.05) is 55.5 Å². The summed E-state index contributed by atoms with van der Waals surface area (Å²) in [7, 11) is 0. The van der Waals surface area contributed by atoms with Crippen molar-refractivity contribution >= 4 is 40.1 Å². The zero-order valence-corrected chi connectivity index (χ0v) is 13.4. The lowest BCUT2D eigenvalue weighted by Crippen LogP contribution is -2.08. The molecule has 116 valence electrons. The molecule has 5 nitrogen and oxygen atoms in total. The van der Waals surface area contributed by atoms with Crippen LogP contribution in [0, 0.1) is 0 Å². The molecular weight excluding hydrogens is 308 g/mol. The van der Waals surface area contributed by atoms with Gasteiger partial charge in [-0.05, 0) is 48.2 Å². The van der Waals surface area contributed by atoms with E-state index in [2.05, 4.69) is 15.3 Å². The molecule has 0 spiro atoms. The van der Waals surface area contributed by atoms with Crippen molar-refractivity contribution in [1.82, 2.24) is 9.97 Å². The van der Waals surface area contributed by atoms with Crippen LogP contribution in [0.15, 0.2) is 58.6 Å². The molecule has 23 heavy (non-hydrogen) atoms. The Balaban J connectivity index is 1.80. The number of carbonyl (C=O) groups excluding carboxylic acids is 1. The van der Waals surface area contributed by atoms with Crippen molar-refractivity contribution in [1.29, 1.82) is 0 Å². The van der Waals surface area contributed by atoms with Gasteiger partial charge in [0.05, 0.1) is 5.52 Å².